The maximum Gasteiger partial charge on any atom is 0.0602 e. The maximum atomic E-state index is 2.76. The second-order valence-corrected chi connectivity index (χ2v) is 9.01. The molecule has 2 saturated heterocycles. The van der Waals surface area contributed by atoms with Crippen LogP contribution in [0, 0.1) is 5.92 Å². The summed E-state index contributed by atoms with van der Waals surface area (Å²) in [6.45, 7) is 10.8. The normalized spacial score (nSPS) is 22.7. The molecule has 2 nitrogen and oxygen atoms in total. The molecule has 2 heteroatoms. The Kier molecular flexibility index (Phi) is 4.90. The molecule has 0 bridgehead atoms. The minimum Gasteiger partial charge on any atom is -0.295 e. The van der Waals surface area contributed by atoms with Crippen LogP contribution in [-0.2, 0) is 0 Å². The van der Waals surface area contributed by atoms with Crippen LogP contribution >= 0.6 is 0 Å². The fraction of sp³-hybridized carbons (Fsp3) is 0.500. The largest absolute Gasteiger partial charge is 0.295 e. The van der Waals surface area contributed by atoms with Crippen molar-refractivity contribution in [3.05, 3.63) is 71.8 Å². The van der Waals surface area contributed by atoms with Crippen LogP contribution in [0.25, 0.3) is 0 Å². The Morgan fingerprint density at radius 3 is 1.88 bits per heavy atom. The third-order valence-electron chi connectivity index (χ3n) is 6.24. The van der Waals surface area contributed by atoms with E-state index in [-0.39, 0.29) is 0 Å². The van der Waals surface area contributed by atoms with Crippen LogP contribution in [0.3, 0.4) is 0 Å². The van der Waals surface area contributed by atoms with E-state index in [4.69, 9.17) is 0 Å². The number of rotatable bonds is 4. The Morgan fingerprint density at radius 2 is 1.38 bits per heavy atom. The van der Waals surface area contributed by atoms with Crippen LogP contribution in [0.1, 0.15) is 50.8 Å². The van der Waals surface area contributed by atoms with Crippen molar-refractivity contribution in [3.8, 4) is 0 Å². The highest BCUT2D eigenvalue weighted by Gasteiger charge is 2.44. The average molecular weight is 349 g/mol. The molecule has 2 aromatic carbocycles. The molecule has 2 aliphatic heterocycles. The molecule has 0 spiro atoms. The van der Waals surface area contributed by atoms with E-state index in [1.165, 1.54) is 43.6 Å². The molecule has 1 unspecified atom stereocenters. The highest BCUT2D eigenvalue weighted by atomic mass is 15.3. The third-order valence-corrected chi connectivity index (χ3v) is 6.24. The second-order valence-electron chi connectivity index (χ2n) is 9.01. The van der Waals surface area contributed by atoms with Gasteiger partial charge in [0.2, 0.25) is 0 Å². The van der Waals surface area contributed by atoms with E-state index < -0.39 is 0 Å². The monoisotopic (exact) mass is 348 g/mol. The van der Waals surface area contributed by atoms with E-state index in [1.807, 2.05) is 0 Å². The molecule has 0 aliphatic carbocycles. The van der Waals surface area contributed by atoms with E-state index in [9.17, 15) is 0 Å². The van der Waals surface area contributed by atoms with Crippen LogP contribution in [0.5, 0.6) is 0 Å². The molecular formula is C24H32N2. The van der Waals surface area contributed by atoms with Crippen molar-refractivity contribution in [2.45, 2.75) is 51.2 Å². The van der Waals surface area contributed by atoms with Gasteiger partial charge in [-0.3, -0.25) is 9.80 Å². The lowest BCUT2D eigenvalue weighted by Crippen LogP contribution is -2.58. The molecule has 0 amide bonds. The third kappa shape index (κ3) is 3.45. The van der Waals surface area contributed by atoms with Gasteiger partial charge in [0.15, 0.2) is 0 Å². The highest BCUT2D eigenvalue weighted by molar-refractivity contribution is 5.32. The van der Waals surface area contributed by atoms with E-state index in [1.54, 1.807) is 0 Å². The van der Waals surface area contributed by atoms with Gasteiger partial charge in [-0.05, 0) is 57.2 Å². The van der Waals surface area contributed by atoms with Gasteiger partial charge in [-0.25, -0.2) is 0 Å². The Morgan fingerprint density at radius 1 is 0.846 bits per heavy atom. The zero-order valence-electron chi connectivity index (χ0n) is 16.4. The van der Waals surface area contributed by atoms with E-state index >= 15 is 0 Å². The van der Waals surface area contributed by atoms with Gasteiger partial charge in [0, 0.05) is 24.7 Å². The number of nitrogens with zero attached hydrogens (tertiary/aromatic N) is 2. The predicted octanol–water partition coefficient (Wildman–Crippen LogP) is 4.97. The molecule has 2 fully saturated rings. The molecule has 2 heterocycles. The van der Waals surface area contributed by atoms with Gasteiger partial charge < -0.3 is 0 Å². The van der Waals surface area contributed by atoms with Gasteiger partial charge in [0.05, 0.1) is 6.04 Å². The summed E-state index contributed by atoms with van der Waals surface area (Å²) >= 11 is 0. The fourth-order valence-corrected chi connectivity index (χ4v) is 5.00. The summed E-state index contributed by atoms with van der Waals surface area (Å²) in [6.07, 6.45) is 2.73. The molecule has 138 valence electrons. The van der Waals surface area contributed by atoms with Crippen LogP contribution in [0.15, 0.2) is 60.7 Å². The van der Waals surface area contributed by atoms with Crippen molar-refractivity contribution >= 4 is 0 Å². The SMILES string of the molecule is CC(C)(C)N1CCCC1C1CN(C(c2ccccc2)c2ccccc2)C1. The van der Waals surface area contributed by atoms with Crippen molar-refractivity contribution < 1.29 is 0 Å². The Labute approximate surface area is 158 Å². The molecule has 2 aromatic rings. The molecule has 0 radical (unpaired) electrons. The first-order valence-electron chi connectivity index (χ1n) is 10.1. The number of hydrogen-bond donors (Lipinski definition) is 0. The summed E-state index contributed by atoms with van der Waals surface area (Å²) in [5.74, 6) is 0.812. The molecule has 0 aromatic heterocycles. The number of likely N-dealkylation sites (tertiary alicyclic amines) is 2. The number of hydrogen-bond acceptors (Lipinski definition) is 2. The van der Waals surface area contributed by atoms with Gasteiger partial charge in [-0.1, -0.05) is 60.7 Å². The Bertz CT molecular complexity index is 658. The van der Waals surface area contributed by atoms with Crippen LogP contribution in [0.2, 0.25) is 0 Å². The first-order valence-corrected chi connectivity index (χ1v) is 10.1. The van der Waals surface area contributed by atoms with Crippen LogP contribution in [0.4, 0.5) is 0 Å². The van der Waals surface area contributed by atoms with Crippen molar-refractivity contribution in [1.29, 1.82) is 0 Å². The Balaban J connectivity index is 1.51. The summed E-state index contributed by atoms with van der Waals surface area (Å²) in [4.78, 5) is 5.43. The van der Waals surface area contributed by atoms with Crippen molar-refractivity contribution in [1.82, 2.24) is 9.80 Å². The lowest BCUT2D eigenvalue weighted by atomic mass is 9.84. The molecule has 2 aliphatic rings. The average Bonchev–Trinajstić information content (AvgIpc) is 3.08. The molecule has 0 saturated carbocycles. The minimum atomic E-state index is 0.292. The minimum absolute atomic E-state index is 0.292. The van der Waals surface area contributed by atoms with Gasteiger partial charge in [0.1, 0.15) is 0 Å². The zero-order valence-corrected chi connectivity index (χ0v) is 16.4. The fourth-order valence-electron chi connectivity index (χ4n) is 5.00. The lowest BCUT2D eigenvalue weighted by molar-refractivity contribution is -0.00939. The van der Waals surface area contributed by atoms with Gasteiger partial charge in [0.25, 0.3) is 0 Å². The van der Waals surface area contributed by atoms with Crippen LogP contribution < -0.4 is 0 Å². The molecule has 1 atom stereocenters. The van der Waals surface area contributed by atoms with E-state index in [0.717, 1.165) is 12.0 Å². The summed E-state index contributed by atoms with van der Waals surface area (Å²) in [5.41, 5.74) is 3.12. The zero-order chi connectivity index (χ0) is 18.1. The van der Waals surface area contributed by atoms with Crippen LogP contribution in [-0.4, -0.2) is 41.0 Å². The smallest absolute Gasteiger partial charge is 0.0602 e. The van der Waals surface area contributed by atoms with Gasteiger partial charge in [-0.2, -0.15) is 0 Å². The maximum absolute atomic E-state index is 2.76. The molecule has 0 N–H and O–H groups in total. The van der Waals surface area contributed by atoms with Gasteiger partial charge in [-0.15, -0.1) is 0 Å². The molecule has 26 heavy (non-hydrogen) atoms. The van der Waals surface area contributed by atoms with Gasteiger partial charge >= 0.3 is 0 Å². The standard InChI is InChI=1S/C24H32N2/c1-24(2,3)26-16-10-15-22(26)21-17-25(18-21)23(19-11-6-4-7-12-19)20-13-8-5-9-14-20/h4-9,11-14,21-23H,10,15-18H2,1-3H3. The second kappa shape index (κ2) is 7.17. The van der Waals surface area contributed by atoms with Crippen molar-refractivity contribution in [3.63, 3.8) is 0 Å². The molecular weight excluding hydrogens is 316 g/mol. The highest BCUT2D eigenvalue weighted by Crippen LogP contribution is 2.40. The van der Waals surface area contributed by atoms with Crippen molar-refractivity contribution in [2.75, 3.05) is 19.6 Å². The molecule has 4 rings (SSSR count). The topological polar surface area (TPSA) is 6.48 Å². The van der Waals surface area contributed by atoms with Crippen molar-refractivity contribution in [2.24, 2.45) is 5.92 Å². The summed E-state index contributed by atoms with van der Waals surface area (Å²) in [5, 5.41) is 0. The predicted molar refractivity (Wildman–Crippen MR) is 109 cm³/mol. The quantitative estimate of drug-likeness (QED) is 0.769. The number of benzene rings is 2. The Hall–Kier alpha value is -1.64. The lowest BCUT2D eigenvalue weighted by Gasteiger charge is -2.51. The first-order chi connectivity index (χ1) is 12.5. The van der Waals surface area contributed by atoms with E-state index in [2.05, 4.69) is 91.2 Å². The van der Waals surface area contributed by atoms with E-state index in [0.29, 0.717) is 11.6 Å². The summed E-state index contributed by atoms with van der Waals surface area (Å²) in [7, 11) is 0. The summed E-state index contributed by atoms with van der Waals surface area (Å²) in [6, 6.07) is 23.2. The first kappa shape index (κ1) is 17.8. The summed E-state index contributed by atoms with van der Waals surface area (Å²) < 4.78 is 0.